The highest BCUT2D eigenvalue weighted by molar-refractivity contribution is 7.98. The first-order chi connectivity index (χ1) is 5.81. The molecule has 1 N–H and O–H groups in total. The van der Waals surface area contributed by atoms with Gasteiger partial charge in [-0.05, 0) is 18.4 Å². The van der Waals surface area contributed by atoms with Crippen molar-refractivity contribution < 1.29 is 0 Å². The minimum absolute atomic E-state index is 0.673. The molecule has 1 aromatic carbocycles. The second kappa shape index (κ2) is 3.03. The fourth-order valence-corrected chi connectivity index (χ4v) is 1.96. The van der Waals surface area contributed by atoms with Crippen molar-refractivity contribution in [2.75, 3.05) is 6.26 Å². The fourth-order valence-electron chi connectivity index (χ4n) is 1.16. The highest BCUT2D eigenvalue weighted by Crippen LogP contribution is 2.24. The molecule has 0 bridgehead atoms. The summed E-state index contributed by atoms with van der Waals surface area (Å²) >= 11 is 5.86. The van der Waals surface area contributed by atoms with Crippen molar-refractivity contribution in [1.82, 2.24) is 9.97 Å². The average Bonchev–Trinajstić information content (AvgIpc) is 2.44. The number of H-pyrrole nitrogens is 1. The van der Waals surface area contributed by atoms with Gasteiger partial charge in [0, 0.05) is 4.90 Å². The molecule has 0 radical (unpaired) electrons. The minimum atomic E-state index is 0.673. The zero-order chi connectivity index (χ0) is 8.55. The van der Waals surface area contributed by atoms with Crippen LogP contribution >= 0.6 is 24.4 Å². The Morgan fingerprint density at radius 3 is 3.08 bits per heavy atom. The normalized spacial score (nSPS) is 10.8. The van der Waals surface area contributed by atoms with Gasteiger partial charge < -0.3 is 4.98 Å². The molecule has 62 valence electrons. The largest absolute Gasteiger partial charge is 0.332 e. The number of nitrogens with one attached hydrogen (secondary N) is 1. The van der Waals surface area contributed by atoms with Crippen LogP contribution in [-0.2, 0) is 0 Å². The van der Waals surface area contributed by atoms with Crippen LogP contribution in [-0.4, -0.2) is 16.2 Å². The first-order valence-electron chi connectivity index (χ1n) is 3.53. The molecule has 0 aliphatic heterocycles. The van der Waals surface area contributed by atoms with Gasteiger partial charge in [-0.25, -0.2) is 4.98 Å². The van der Waals surface area contributed by atoms with Gasteiger partial charge in [-0.3, -0.25) is 0 Å². The standard InChI is InChI=1S/C8H8N2S2/c1-12-6-4-2-3-5-7(6)10-8(11)9-5/h2-4H,1H3,(H2,9,10,11). The van der Waals surface area contributed by atoms with Gasteiger partial charge in [0.15, 0.2) is 5.16 Å². The quantitative estimate of drug-likeness (QED) is 0.542. The Morgan fingerprint density at radius 2 is 2.33 bits per heavy atom. The van der Waals surface area contributed by atoms with Crippen LogP contribution in [0.2, 0.25) is 0 Å². The summed E-state index contributed by atoms with van der Waals surface area (Å²) < 4.78 is 0. The summed E-state index contributed by atoms with van der Waals surface area (Å²) in [6.07, 6.45) is 2.05. The van der Waals surface area contributed by atoms with Gasteiger partial charge in [0.1, 0.15) is 0 Å². The molecule has 2 aromatic rings. The molecular formula is C8H8N2S2. The van der Waals surface area contributed by atoms with Gasteiger partial charge in [0.25, 0.3) is 0 Å². The van der Waals surface area contributed by atoms with Crippen molar-refractivity contribution >= 4 is 35.4 Å². The number of aromatic amines is 1. The number of nitrogens with zero attached hydrogens (tertiary/aromatic N) is 1. The third-order valence-corrected chi connectivity index (χ3v) is 2.68. The number of para-hydroxylation sites is 1. The van der Waals surface area contributed by atoms with Gasteiger partial charge in [0.05, 0.1) is 11.0 Å². The van der Waals surface area contributed by atoms with E-state index in [1.54, 1.807) is 11.8 Å². The van der Waals surface area contributed by atoms with E-state index in [0.29, 0.717) is 5.16 Å². The van der Waals surface area contributed by atoms with E-state index >= 15 is 0 Å². The predicted octanol–water partition coefficient (Wildman–Crippen LogP) is 2.57. The van der Waals surface area contributed by atoms with Crippen LogP contribution in [0.4, 0.5) is 0 Å². The van der Waals surface area contributed by atoms with Crippen LogP contribution in [0.1, 0.15) is 0 Å². The number of aromatic nitrogens is 2. The SMILES string of the molecule is CSc1cccc2nc(S)[nH]c12. The summed E-state index contributed by atoms with van der Waals surface area (Å²) in [7, 11) is 0. The van der Waals surface area contributed by atoms with Crippen LogP contribution in [0, 0.1) is 0 Å². The molecule has 1 heterocycles. The van der Waals surface area contributed by atoms with Crippen LogP contribution < -0.4 is 0 Å². The van der Waals surface area contributed by atoms with Crippen LogP contribution in [0.3, 0.4) is 0 Å². The first kappa shape index (κ1) is 8.01. The third-order valence-electron chi connectivity index (χ3n) is 1.69. The zero-order valence-electron chi connectivity index (χ0n) is 6.53. The summed E-state index contributed by atoms with van der Waals surface area (Å²) in [4.78, 5) is 8.54. The molecule has 2 rings (SSSR count). The molecule has 0 spiro atoms. The molecular weight excluding hydrogens is 188 g/mol. The van der Waals surface area contributed by atoms with E-state index in [0.717, 1.165) is 11.0 Å². The van der Waals surface area contributed by atoms with Crippen molar-refractivity contribution in [2.24, 2.45) is 0 Å². The van der Waals surface area contributed by atoms with Gasteiger partial charge in [-0.15, -0.1) is 24.4 Å². The molecule has 2 nitrogen and oxygen atoms in total. The second-order valence-electron chi connectivity index (χ2n) is 2.41. The lowest BCUT2D eigenvalue weighted by molar-refractivity contribution is 1.09. The van der Waals surface area contributed by atoms with Gasteiger partial charge >= 0.3 is 0 Å². The van der Waals surface area contributed by atoms with E-state index in [4.69, 9.17) is 0 Å². The maximum atomic E-state index is 4.22. The molecule has 1 aromatic heterocycles. The molecule has 0 saturated carbocycles. The van der Waals surface area contributed by atoms with Crippen molar-refractivity contribution in [1.29, 1.82) is 0 Å². The second-order valence-corrected chi connectivity index (χ2v) is 3.69. The van der Waals surface area contributed by atoms with Crippen molar-refractivity contribution in [3.05, 3.63) is 18.2 Å². The van der Waals surface area contributed by atoms with E-state index < -0.39 is 0 Å². The predicted molar refractivity (Wildman–Crippen MR) is 55.1 cm³/mol. The zero-order valence-corrected chi connectivity index (χ0v) is 8.25. The number of rotatable bonds is 1. The van der Waals surface area contributed by atoms with Crippen molar-refractivity contribution in [3.8, 4) is 0 Å². The van der Waals surface area contributed by atoms with E-state index in [9.17, 15) is 0 Å². The minimum Gasteiger partial charge on any atom is -0.332 e. The lowest BCUT2D eigenvalue weighted by atomic mass is 10.3. The Balaban J connectivity index is 2.78. The Kier molecular flexibility index (Phi) is 2.02. The van der Waals surface area contributed by atoms with Crippen LogP contribution in [0.25, 0.3) is 11.0 Å². The van der Waals surface area contributed by atoms with Gasteiger partial charge in [0.2, 0.25) is 0 Å². The molecule has 0 aliphatic carbocycles. The Bertz CT molecular complexity index is 408. The van der Waals surface area contributed by atoms with E-state index in [2.05, 4.69) is 28.7 Å². The maximum absolute atomic E-state index is 4.22. The summed E-state index contributed by atoms with van der Waals surface area (Å²) in [6.45, 7) is 0. The molecule has 0 fully saturated rings. The summed E-state index contributed by atoms with van der Waals surface area (Å²) in [6, 6.07) is 6.05. The molecule has 0 unspecified atom stereocenters. The molecule has 0 atom stereocenters. The molecule has 0 amide bonds. The Morgan fingerprint density at radius 1 is 1.50 bits per heavy atom. The number of benzene rings is 1. The first-order valence-corrected chi connectivity index (χ1v) is 5.20. The summed E-state index contributed by atoms with van der Waals surface area (Å²) in [5, 5.41) is 0.673. The number of hydrogen-bond donors (Lipinski definition) is 2. The smallest absolute Gasteiger partial charge is 0.163 e. The number of thiol groups is 1. The lowest BCUT2D eigenvalue weighted by Gasteiger charge is -1.95. The topological polar surface area (TPSA) is 28.7 Å². The average molecular weight is 196 g/mol. The number of hydrogen-bond acceptors (Lipinski definition) is 3. The van der Waals surface area contributed by atoms with Crippen LogP contribution in [0.5, 0.6) is 0 Å². The van der Waals surface area contributed by atoms with Crippen molar-refractivity contribution in [3.63, 3.8) is 0 Å². The highest BCUT2D eigenvalue weighted by atomic mass is 32.2. The fraction of sp³-hybridized carbons (Fsp3) is 0.125. The van der Waals surface area contributed by atoms with Gasteiger partial charge in [-0.1, -0.05) is 6.07 Å². The van der Waals surface area contributed by atoms with Gasteiger partial charge in [-0.2, -0.15) is 0 Å². The summed E-state index contributed by atoms with van der Waals surface area (Å²) in [5.74, 6) is 0. The monoisotopic (exact) mass is 196 g/mol. The number of thioether (sulfide) groups is 1. The Labute approximate surface area is 80.2 Å². The van der Waals surface area contributed by atoms with Crippen LogP contribution in [0.15, 0.2) is 28.3 Å². The third kappa shape index (κ3) is 1.21. The molecule has 0 saturated heterocycles. The maximum Gasteiger partial charge on any atom is 0.163 e. The molecule has 4 heteroatoms. The number of imidazole rings is 1. The summed E-state index contributed by atoms with van der Waals surface area (Å²) in [5.41, 5.74) is 2.06. The highest BCUT2D eigenvalue weighted by Gasteiger charge is 2.02. The van der Waals surface area contributed by atoms with Crippen molar-refractivity contribution in [2.45, 2.75) is 10.1 Å². The Hall–Kier alpha value is -0.610. The van der Waals surface area contributed by atoms with E-state index in [-0.39, 0.29) is 0 Å². The van der Waals surface area contributed by atoms with E-state index in [1.807, 2.05) is 18.4 Å². The van der Waals surface area contributed by atoms with E-state index in [1.165, 1.54) is 4.90 Å². The molecule has 0 aliphatic rings. The molecule has 12 heavy (non-hydrogen) atoms. The lowest BCUT2D eigenvalue weighted by Crippen LogP contribution is -1.73. The number of fused-ring (bicyclic) bond motifs is 1.